The highest BCUT2D eigenvalue weighted by Crippen LogP contribution is 2.38. The molecule has 0 N–H and O–H groups in total. The highest BCUT2D eigenvalue weighted by Gasteiger charge is 2.25. The molecular formula is C15H26. The number of hydrogen-bond donors (Lipinski definition) is 0. The van der Waals surface area contributed by atoms with Crippen LogP contribution in [0.4, 0.5) is 0 Å². The van der Waals surface area contributed by atoms with Crippen molar-refractivity contribution in [3.8, 4) is 0 Å². The predicted octanol–water partition coefficient (Wildman–Crippen LogP) is 5.12. The monoisotopic (exact) mass is 206 g/mol. The molecule has 0 spiro atoms. The Morgan fingerprint density at radius 3 is 2.13 bits per heavy atom. The fraction of sp³-hybridized carbons (Fsp3) is 0.733. The third-order valence-corrected chi connectivity index (χ3v) is 3.43. The Morgan fingerprint density at radius 1 is 1.13 bits per heavy atom. The Bertz CT molecular complexity index is 178. The van der Waals surface area contributed by atoms with Crippen LogP contribution in [0.25, 0.3) is 0 Å². The maximum atomic E-state index is 3.66. The van der Waals surface area contributed by atoms with Gasteiger partial charge < -0.3 is 0 Å². The zero-order valence-corrected chi connectivity index (χ0v) is 10.3. The lowest BCUT2D eigenvalue weighted by atomic mass is 10.1. The molecule has 0 heterocycles. The average Bonchev–Trinajstić information content (AvgIpc) is 2.89. The van der Waals surface area contributed by atoms with Gasteiger partial charge in [-0.1, -0.05) is 44.4 Å². The maximum Gasteiger partial charge on any atom is -0.0228 e. The van der Waals surface area contributed by atoms with Gasteiger partial charge in [0.05, 0.1) is 0 Å². The molecule has 1 saturated carbocycles. The molecule has 0 aromatic carbocycles. The van der Waals surface area contributed by atoms with Gasteiger partial charge in [-0.25, -0.2) is 0 Å². The second-order valence-electron chi connectivity index (χ2n) is 4.86. The van der Waals surface area contributed by atoms with E-state index in [0.717, 1.165) is 11.8 Å². The predicted molar refractivity (Wildman–Crippen MR) is 68.9 cm³/mol. The van der Waals surface area contributed by atoms with Crippen molar-refractivity contribution in [3.63, 3.8) is 0 Å². The summed E-state index contributed by atoms with van der Waals surface area (Å²) in [6.45, 7) is 5.89. The molecule has 2 rings (SSSR count). The van der Waals surface area contributed by atoms with Crippen LogP contribution in [0.3, 0.4) is 0 Å². The van der Waals surface area contributed by atoms with E-state index in [0.29, 0.717) is 0 Å². The van der Waals surface area contributed by atoms with Crippen molar-refractivity contribution in [2.45, 2.75) is 58.3 Å². The molecule has 15 heavy (non-hydrogen) atoms. The highest BCUT2D eigenvalue weighted by molar-refractivity contribution is 5.06. The first kappa shape index (κ1) is 12.5. The van der Waals surface area contributed by atoms with Crippen molar-refractivity contribution in [1.29, 1.82) is 0 Å². The molecule has 2 atom stereocenters. The van der Waals surface area contributed by atoms with Gasteiger partial charge in [-0.05, 0) is 43.9 Å². The zero-order valence-electron chi connectivity index (χ0n) is 10.3. The quantitative estimate of drug-likeness (QED) is 0.433. The summed E-state index contributed by atoms with van der Waals surface area (Å²) >= 11 is 0. The fourth-order valence-corrected chi connectivity index (χ4v) is 2.43. The van der Waals surface area contributed by atoms with E-state index in [9.17, 15) is 0 Å². The van der Waals surface area contributed by atoms with E-state index in [4.69, 9.17) is 0 Å². The van der Waals surface area contributed by atoms with Crippen LogP contribution >= 0.6 is 0 Å². The molecule has 0 heteroatoms. The van der Waals surface area contributed by atoms with Gasteiger partial charge in [0.2, 0.25) is 0 Å². The van der Waals surface area contributed by atoms with Gasteiger partial charge in [-0.3, -0.25) is 0 Å². The molecule has 0 nitrogen and oxygen atoms in total. The fourth-order valence-electron chi connectivity index (χ4n) is 2.43. The van der Waals surface area contributed by atoms with Gasteiger partial charge in [0.25, 0.3) is 0 Å². The van der Waals surface area contributed by atoms with Crippen molar-refractivity contribution in [3.05, 3.63) is 24.8 Å². The average molecular weight is 206 g/mol. The Morgan fingerprint density at radius 2 is 1.80 bits per heavy atom. The molecule has 2 bridgehead atoms. The molecule has 1 fully saturated rings. The summed E-state index contributed by atoms with van der Waals surface area (Å²) in [5.74, 6) is 1.98. The minimum absolute atomic E-state index is 0.991. The number of hydrogen-bond acceptors (Lipinski definition) is 0. The summed E-state index contributed by atoms with van der Waals surface area (Å²) in [4.78, 5) is 0. The topological polar surface area (TPSA) is 0 Å². The molecule has 2 unspecified atom stereocenters. The molecule has 86 valence electrons. The van der Waals surface area contributed by atoms with Gasteiger partial charge in [0.1, 0.15) is 0 Å². The largest absolute Gasteiger partial charge is 0.103 e. The minimum Gasteiger partial charge on any atom is -0.103 e. The minimum atomic E-state index is 0.991. The standard InChI is InChI=1S/C8H16.C7H10/c1-3-5-7-8-6-4-2;1-2-7-4-3-6(1)5-7/h3H,1,4-8H2,2H3;1-2,6-7H,3-5H2. The number of fused-ring (bicyclic) bond motifs is 2. The van der Waals surface area contributed by atoms with E-state index in [1.54, 1.807) is 0 Å². The van der Waals surface area contributed by atoms with Crippen molar-refractivity contribution in [1.82, 2.24) is 0 Å². The number of allylic oxidation sites excluding steroid dienone is 3. The Hall–Kier alpha value is -0.520. The smallest absolute Gasteiger partial charge is 0.0228 e. The van der Waals surface area contributed by atoms with E-state index in [2.05, 4.69) is 25.7 Å². The first-order valence-corrected chi connectivity index (χ1v) is 6.66. The van der Waals surface area contributed by atoms with E-state index >= 15 is 0 Å². The Labute approximate surface area is 95.5 Å². The molecule has 2 aliphatic carbocycles. The molecule has 0 aromatic rings. The second-order valence-corrected chi connectivity index (χ2v) is 4.86. The first-order chi connectivity index (χ1) is 7.36. The van der Waals surface area contributed by atoms with Crippen LogP contribution in [0.5, 0.6) is 0 Å². The van der Waals surface area contributed by atoms with E-state index in [-0.39, 0.29) is 0 Å². The molecular weight excluding hydrogens is 180 g/mol. The summed E-state index contributed by atoms with van der Waals surface area (Å²) in [5, 5.41) is 0. The normalized spacial score (nSPS) is 26.2. The third-order valence-electron chi connectivity index (χ3n) is 3.43. The van der Waals surface area contributed by atoms with Crippen molar-refractivity contribution >= 4 is 0 Å². The Balaban J connectivity index is 0.000000150. The number of unbranched alkanes of at least 4 members (excludes halogenated alkanes) is 4. The van der Waals surface area contributed by atoms with Crippen LogP contribution < -0.4 is 0 Å². The van der Waals surface area contributed by atoms with Crippen LogP contribution in [-0.4, -0.2) is 0 Å². The van der Waals surface area contributed by atoms with Gasteiger partial charge in [-0.2, -0.15) is 0 Å². The van der Waals surface area contributed by atoms with Gasteiger partial charge in [0.15, 0.2) is 0 Å². The summed E-state index contributed by atoms with van der Waals surface area (Å²) in [7, 11) is 0. The van der Waals surface area contributed by atoms with Gasteiger partial charge in [0, 0.05) is 0 Å². The van der Waals surface area contributed by atoms with Crippen LogP contribution in [0.1, 0.15) is 58.3 Å². The zero-order chi connectivity index (χ0) is 10.9. The van der Waals surface area contributed by atoms with Crippen LogP contribution in [-0.2, 0) is 0 Å². The highest BCUT2D eigenvalue weighted by atomic mass is 14.3. The lowest BCUT2D eigenvalue weighted by Gasteiger charge is -1.96. The van der Waals surface area contributed by atoms with Crippen molar-refractivity contribution in [2.24, 2.45) is 11.8 Å². The van der Waals surface area contributed by atoms with Gasteiger partial charge >= 0.3 is 0 Å². The molecule has 0 aromatic heterocycles. The molecule has 2 aliphatic rings. The lowest BCUT2D eigenvalue weighted by molar-refractivity contribution is 0.675. The SMILES string of the molecule is C1=CC2CCC1C2.C=CCCCCCC. The van der Waals surface area contributed by atoms with Crippen LogP contribution in [0.15, 0.2) is 24.8 Å². The summed E-state index contributed by atoms with van der Waals surface area (Å²) < 4.78 is 0. The molecule has 0 saturated heterocycles. The van der Waals surface area contributed by atoms with E-state index in [1.165, 1.54) is 51.4 Å². The van der Waals surface area contributed by atoms with Gasteiger partial charge in [-0.15, -0.1) is 6.58 Å². The third kappa shape index (κ3) is 5.20. The molecule has 0 aliphatic heterocycles. The summed E-state index contributed by atoms with van der Waals surface area (Å²) in [5.41, 5.74) is 0. The van der Waals surface area contributed by atoms with Crippen LogP contribution in [0, 0.1) is 11.8 Å². The first-order valence-electron chi connectivity index (χ1n) is 6.66. The van der Waals surface area contributed by atoms with Crippen molar-refractivity contribution in [2.75, 3.05) is 0 Å². The lowest BCUT2D eigenvalue weighted by Crippen LogP contribution is -1.82. The molecule has 0 amide bonds. The van der Waals surface area contributed by atoms with Crippen molar-refractivity contribution < 1.29 is 0 Å². The summed E-state index contributed by atoms with van der Waals surface area (Å²) in [6.07, 6.45) is 17.8. The Kier molecular flexibility index (Phi) is 6.47. The van der Waals surface area contributed by atoms with E-state index in [1.807, 2.05) is 6.08 Å². The molecule has 0 radical (unpaired) electrons. The number of rotatable bonds is 5. The second kappa shape index (κ2) is 7.73. The summed E-state index contributed by atoms with van der Waals surface area (Å²) in [6, 6.07) is 0. The van der Waals surface area contributed by atoms with Crippen LogP contribution in [0.2, 0.25) is 0 Å². The maximum absolute atomic E-state index is 3.66. The van der Waals surface area contributed by atoms with E-state index < -0.39 is 0 Å².